The van der Waals surface area contributed by atoms with Crippen LogP contribution in [0, 0.1) is 0 Å². The van der Waals surface area contributed by atoms with Crippen LogP contribution in [-0.2, 0) is 16.0 Å². The average Bonchev–Trinajstić information content (AvgIpc) is 2.50. The molecule has 0 saturated carbocycles. The Kier molecular flexibility index (Phi) is 7.55. The van der Waals surface area contributed by atoms with Gasteiger partial charge in [0.1, 0.15) is 6.04 Å². The maximum absolute atomic E-state index is 12.0. The molecular formula is C15H22N4O4. The van der Waals surface area contributed by atoms with Crippen LogP contribution < -0.4 is 22.1 Å². The molecule has 0 fully saturated rings. The van der Waals surface area contributed by atoms with Gasteiger partial charge in [0.15, 0.2) is 0 Å². The number of amides is 3. The maximum Gasteiger partial charge on any atom is 0.326 e. The van der Waals surface area contributed by atoms with Crippen molar-refractivity contribution in [2.24, 2.45) is 11.5 Å². The third kappa shape index (κ3) is 7.28. The highest BCUT2D eigenvalue weighted by molar-refractivity contribution is 5.86. The van der Waals surface area contributed by atoms with E-state index in [1.54, 1.807) is 0 Å². The summed E-state index contributed by atoms with van der Waals surface area (Å²) in [5, 5.41) is 13.9. The Bertz CT molecular complexity index is 536. The molecule has 0 radical (unpaired) electrons. The van der Waals surface area contributed by atoms with Crippen LogP contribution in [0.15, 0.2) is 30.3 Å². The third-order valence-corrected chi connectivity index (χ3v) is 3.22. The fraction of sp³-hybridized carbons (Fsp3) is 0.400. The predicted molar refractivity (Wildman–Crippen MR) is 84.5 cm³/mol. The quantitative estimate of drug-likeness (QED) is 0.391. The molecule has 1 rings (SSSR count). The zero-order valence-corrected chi connectivity index (χ0v) is 12.7. The van der Waals surface area contributed by atoms with Crippen LogP contribution in [0.25, 0.3) is 0 Å². The van der Waals surface area contributed by atoms with Gasteiger partial charge in [-0.05, 0) is 24.8 Å². The van der Waals surface area contributed by atoms with Gasteiger partial charge in [-0.1, -0.05) is 30.3 Å². The number of aliphatic carboxylic acids is 1. The Hall–Kier alpha value is -2.61. The number of benzene rings is 1. The SMILES string of the molecule is NC(=O)NCCCC(NC(=O)C(N)Cc1ccccc1)C(=O)O. The summed E-state index contributed by atoms with van der Waals surface area (Å²) in [7, 11) is 0. The number of carboxylic acid groups (broad SMARTS) is 1. The Morgan fingerprint density at radius 3 is 2.39 bits per heavy atom. The van der Waals surface area contributed by atoms with Gasteiger partial charge in [0.2, 0.25) is 5.91 Å². The fourth-order valence-corrected chi connectivity index (χ4v) is 2.01. The first-order chi connectivity index (χ1) is 10.9. The van der Waals surface area contributed by atoms with Crippen LogP contribution >= 0.6 is 0 Å². The molecule has 23 heavy (non-hydrogen) atoms. The summed E-state index contributed by atoms with van der Waals surface area (Å²) in [5.74, 6) is -1.67. The second kappa shape index (κ2) is 9.42. The van der Waals surface area contributed by atoms with Crippen LogP contribution in [0.1, 0.15) is 18.4 Å². The largest absolute Gasteiger partial charge is 0.480 e. The van der Waals surface area contributed by atoms with E-state index in [4.69, 9.17) is 16.6 Å². The van der Waals surface area contributed by atoms with Crippen molar-refractivity contribution in [1.82, 2.24) is 10.6 Å². The summed E-state index contributed by atoms with van der Waals surface area (Å²) >= 11 is 0. The first-order valence-corrected chi connectivity index (χ1v) is 7.26. The molecule has 0 aliphatic heterocycles. The molecule has 8 heteroatoms. The topological polar surface area (TPSA) is 148 Å². The number of hydrogen-bond acceptors (Lipinski definition) is 4. The van der Waals surface area contributed by atoms with Crippen molar-refractivity contribution < 1.29 is 19.5 Å². The molecule has 0 aliphatic carbocycles. The monoisotopic (exact) mass is 322 g/mol. The number of hydrogen-bond donors (Lipinski definition) is 5. The Balaban J connectivity index is 2.46. The van der Waals surface area contributed by atoms with Gasteiger partial charge in [0.25, 0.3) is 0 Å². The van der Waals surface area contributed by atoms with Crippen molar-refractivity contribution in [2.45, 2.75) is 31.3 Å². The van der Waals surface area contributed by atoms with E-state index < -0.39 is 30.0 Å². The van der Waals surface area contributed by atoms with Gasteiger partial charge in [0, 0.05) is 6.54 Å². The first-order valence-electron chi connectivity index (χ1n) is 7.26. The highest BCUT2D eigenvalue weighted by Crippen LogP contribution is 2.03. The lowest BCUT2D eigenvalue weighted by atomic mass is 10.1. The molecule has 0 aromatic heterocycles. The van der Waals surface area contributed by atoms with Crippen LogP contribution in [0.2, 0.25) is 0 Å². The van der Waals surface area contributed by atoms with Crippen molar-refractivity contribution in [3.05, 3.63) is 35.9 Å². The van der Waals surface area contributed by atoms with Gasteiger partial charge in [-0.15, -0.1) is 0 Å². The smallest absolute Gasteiger partial charge is 0.326 e. The zero-order chi connectivity index (χ0) is 17.2. The number of carbonyl (C=O) groups excluding carboxylic acids is 2. The van der Waals surface area contributed by atoms with Crippen LogP contribution in [-0.4, -0.2) is 41.6 Å². The predicted octanol–water partition coefficient (Wildman–Crippen LogP) is -0.426. The second-order valence-electron chi connectivity index (χ2n) is 5.13. The van der Waals surface area contributed by atoms with E-state index in [9.17, 15) is 14.4 Å². The van der Waals surface area contributed by atoms with E-state index in [0.717, 1.165) is 5.56 Å². The van der Waals surface area contributed by atoms with Gasteiger partial charge >= 0.3 is 12.0 Å². The van der Waals surface area contributed by atoms with Gasteiger partial charge in [0.05, 0.1) is 6.04 Å². The molecule has 0 saturated heterocycles. The molecule has 3 amide bonds. The van der Waals surface area contributed by atoms with Crippen molar-refractivity contribution in [1.29, 1.82) is 0 Å². The molecule has 126 valence electrons. The van der Waals surface area contributed by atoms with E-state index in [-0.39, 0.29) is 13.0 Å². The number of rotatable bonds is 9. The summed E-state index contributed by atoms with van der Waals surface area (Å²) in [4.78, 5) is 33.7. The van der Waals surface area contributed by atoms with E-state index in [0.29, 0.717) is 12.8 Å². The van der Waals surface area contributed by atoms with E-state index in [2.05, 4.69) is 10.6 Å². The van der Waals surface area contributed by atoms with Crippen LogP contribution in [0.4, 0.5) is 4.79 Å². The van der Waals surface area contributed by atoms with Crippen molar-refractivity contribution >= 4 is 17.9 Å². The summed E-state index contributed by atoms with van der Waals surface area (Å²) in [6, 6.07) is 6.66. The summed E-state index contributed by atoms with van der Waals surface area (Å²) in [6.07, 6.45) is 0.857. The number of primary amides is 1. The Labute approximate surface area is 134 Å². The van der Waals surface area contributed by atoms with Crippen LogP contribution in [0.3, 0.4) is 0 Å². The molecule has 7 N–H and O–H groups in total. The minimum Gasteiger partial charge on any atom is -0.480 e. The van der Waals surface area contributed by atoms with Crippen molar-refractivity contribution in [3.63, 3.8) is 0 Å². The normalized spacial score (nSPS) is 12.9. The molecule has 8 nitrogen and oxygen atoms in total. The first kappa shape index (κ1) is 18.4. The van der Waals surface area contributed by atoms with E-state index >= 15 is 0 Å². The van der Waals surface area contributed by atoms with E-state index in [1.165, 1.54) is 0 Å². The van der Waals surface area contributed by atoms with Gasteiger partial charge in [-0.2, -0.15) is 0 Å². The Morgan fingerprint density at radius 2 is 1.83 bits per heavy atom. The minimum absolute atomic E-state index is 0.166. The minimum atomic E-state index is -1.15. The lowest BCUT2D eigenvalue weighted by molar-refractivity contribution is -0.142. The highest BCUT2D eigenvalue weighted by atomic mass is 16.4. The van der Waals surface area contributed by atoms with Crippen molar-refractivity contribution in [3.8, 4) is 0 Å². The molecule has 1 aromatic carbocycles. The lowest BCUT2D eigenvalue weighted by Gasteiger charge is -2.18. The maximum atomic E-state index is 12.0. The number of nitrogens with one attached hydrogen (secondary N) is 2. The molecule has 2 unspecified atom stereocenters. The second-order valence-corrected chi connectivity index (χ2v) is 5.13. The van der Waals surface area contributed by atoms with Crippen molar-refractivity contribution in [2.75, 3.05) is 6.54 Å². The van der Waals surface area contributed by atoms with Gasteiger partial charge in [-0.25, -0.2) is 9.59 Å². The summed E-state index contributed by atoms with van der Waals surface area (Å²) in [6.45, 7) is 0.241. The number of nitrogens with two attached hydrogens (primary N) is 2. The Morgan fingerprint density at radius 1 is 1.17 bits per heavy atom. The highest BCUT2D eigenvalue weighted by Gasteiger charge is 2.23. The fourth-order valence-electron chi connectivity index (χ4n) is 2.01. The lowest BCUT2D eigenvalue weighted by Crippen LogP contribution is -2.49. The molecule has 0 bridgehead atoms. The number of carbonyl (C=O) groups is 3. The molecule has 1 aromatic rings. The van der Waals surface area contributed by atoms with Crippen LogP contribution in [0.5, 0.6) is 0 Å². The molecule has 0 aliphatic rings. The molecule has 0 heterocycles. The standard InChI is InChI=1S/C15H22N4O4/c16-11(9-10-5-2-1-3-6-10)13(20)19-12(14(21)22)7-4-8-18-15(17)23/h1-3,5-6,11-12H,4,7-9,16H2,(H,19,20)(H,21,22)(H3,17,18,23). The average molecular weight is 322 g/mol. The molecule has 0 spiro atoms. The zero-order valence-electron chi connectivity index (χ0n) is 12.7. The summed E-state index contributed by atoms with van der Waals surface area (Å²) < 4.78 is 0. The van der Waals surface area contributed by atoms with Gasteiger partial charge in [-0.3, -0.25) is 4.79 Å². The number of urea groups is 1. The van der Waals surface area contributed by atoms with E-state index in [1.807, 2.05) is 30.3 Å². The van der Waals surface area contributed by atoms with Gasteiger partial charge < -0.3 is 27.2 Å². The summed E-state index contributed by atoms with van der Waals surface area (Å²) in [5.41, 5.74) is 11.6. The molecular weight excluding hydrogens is 300 g/mol. The molecule has 2 atom stereocenters. The third-order valence-electron chi connectivity index (χ3n) is 3.22. The number of carboxylic acids is 1.